The van der Waals surface area contributed by atoms with Gasteiger partial charge in [-0.1, -0.05) is 12.1 Å². The van der Waals surface area contributed by atoms with Crippen LogP contribution in [0.25, 0.3) is 11.6 Å². The average molecular weight is 253 g/mol. The minimum Gasteiger partial charge on any atom is -0.379 e. The number of hydrogen-bond donors (Lipinski definition) is 1. The summed E-state index contributed by atoms with van der Waals surface area (Å²) in [6.07, 6.45) is 0.715. The van der Waals surface area contributed by atoms with Crippen LogP contribution in [0.3, 0.4) is 0 Å². The molecule has 1 unspecified atom stereocenters. The van der Waals surface area contributed by atoms with E-state index in [1.807, 2.05) is 20.8 Å². The minimum absolute atomic E-state index is 0.111. The van der Waals surface area contributed by atoms with Crippen LogP contribution in [0.4, 0.5) is 5.82 Å². The number of nitrogens with zero attached hydrogens (tertiary/aromatic N) is 4. The van der Waals surface area contributed by atoms with E-state index in [9.17, 15) is 0 Å². The van der Waals surface area contributed by atoms with Crippen molar-refractivity contribution in [3.8, 4) is 11.6 Å². The van der Waals surface area contributed by atoms with Crippen molar-refractivity contribution in [3.63, 3.8) is 0 Å². The van der Waals surface area contributed by atoms with Gasteiger partial charge < -0.3 is 15.0 Å². The zero-order chi connectivity index (χ0) is 13.2. The summed E-state index contributed by atoms with van der Waals surface area (Å²) in [4.78, 5) is 4.23. The van der Waals surface area contributed by atoms with E-state index in [0.717, 1.165) is 0 Å². The molecule has 0 aliphatic carbocycles. The molecule has 0 aromatic carbocycles. The summed E-state index contributed by atoms with van der Waals surface area (Å²) >= 11 is 0. The first-order valence-electron chi connectivity index (χ1n) is 5.67. The van der Waals surface area contributed by atoms with Crippen LogP contribution in [0.15, 0.2) is 9.15 Å². The number of rotatable bonds is 5. The Morgan fingerprint density at radius 1 is 1.28 bits per heavy atom. The van der Waals surface area contributed by atoms with E-state index < -0.39 is 5.60 Å². The lowest BCUT2D eigenvalue weighted by atomic mass is 10.0. The topological polar surface area (TPSA) is 113 Å². The fraction of sp³-hybridized carbons (Fsp3) is 0.600. The molecule has 0 saturated heterocycles. The highest BCUT2D eigenvalue weighted by atomic mass is 16.6. The molecule has 0 bridgehead atoms. The summed E-state index contributed by atoms with van der Waals surface area (Å²) in [6, 6.07) is 0. The molecule has 2 aromatic rings. The van der Waals surface area contributed by atoms with Gasteiger partial charge in [0.05, 0.1) is 0 Å². The van der Waals surface area contributed by atoms with Crippen molar-refractivity contribution in [1.29, 1.82) is 0 Å². The smallest absolute Gasteiger partial charge is 0.284 e. The minimum atomic E-state index is -0.595. The van der Waals surface area contributed by atoms with Crippen LogP contribution in [0.2, 0.25) is 0 Å². The number of hydrogen-bond acceptors (Lipinski definition) is 8. The van der Waals surface area contributed by atoms with Crippen molar-refractivity contribution in [2.24, 2.45) is 0 Å². The van der Waals surface area contributed by atoms with E-state index in [4.69, 9.17) is 15.0 Å². The molecular formula is C10H15N5O3. The second kappa shape index (κ2) is 4.73. The Balaban J connectivity index is 2.33. The molecule has 0 saturated carbocycles. The summed E-state index contributed by atoms with van der Waals surface area (Å²) in [6.45, 7) is 6.35. The molecule has 0 amide bonds. The number of aromatic nitrogens is 4. The molecule has 2 aromatic heterocycles. The van der Waals surface area contributed by atoms with Crippen LogP contribution in [-0.4, -0.2) is 27.1 Å². The van der Waals surface area contributed by atoms with Crippen molar-refractivity contribution in [1.82, 2.24) is 20.5 Å². The molecule has 18 heavy (non-hydrogen) atoms. The van der Waals surface area contributed by atoms with Gasteiger partial charge >= 0.3 is 0 Å². The lowest BCUT2D eigenvalue weighted by Crippen LogP contribution is -2.26. The first-order valence-corrected chi connectivity index (χ1v) is 5.67. The van der Waals surface area contributed by atoms with E-state index in [1.165, 1.54) is 0 Å². The molecule has 8 heteroatoms. The molecule has 2 N–H and O–H groups in total. The van der Waals surface area contributed by atoms with Gasteiger partial charge in [-0.15, -0.1) is 0 Å². The molecule has 0 aliphatic rings. The second-order valence-electron chi connectivity index (χ2n) is 3.94. The van der Waals surface area contributed by atoms with Crippen molar-refractivity contribution in [2.45, 2.75) is 32.8 Å². The molecule has 8 nitrogen and oxygen atoms in total. The molecule has 0 fully saturated rings. The Labute approximate surface area is 103 Å². The Hall–Kier alpha value is -1.96. The zero-order valence-electron chi connectivity index (χ0n) is 10.5. The maximum atomic E-state index is 5.65. The van der Waals surface area contributed by atoms with Gasteiger partial charge in [-0.3, -0.25) is 0 Å². The first-order chi connectivity index (χ1) is 8.60. The largest absolute Gasteiger partial charge is 0.379 e. The van der Waals surface area contributed by atoms with Gasteiger partial charge in [-0.25, -0.2) is 4.63 Å². The quantitative estimate of drug-likeness (QED) is 0.849. The van der Waals surface area contributed by atoms with Crippen LogP contribution in [0.5, 0.6) is 0 Å². The van der Waals surface area contributed by atoms with E-state index in [0.29, 0.717) is 18.9 Å². The van der Waals surface area contributed by atoms with E-state index in [2.05, 4.69) is 25.1 Å². The summed E-state index contributed by atoms with van der Waals surface area (Å²) in [5.74, 6) is 0.729. The summed E-state index contributed by atoms with van der Waals surface area (Å²) in [5.41, 5.74) is 5.20. The third-order valence-corrected chi connectivity index (χ3v) is 2.75. The third-order valence-electron chi connectivity index (χ3n) is 2.75. The third kappa shape index (κ3) is 2.06. The summed E-state index contributed by atoms with van der Waals surface area (Å²) in [5, 5.41) is 11.0. The number of anilines is 1. The zero-order valence-corrected chi connectivity index (χ0v) is 10.5. The maximum Gasteiger partial charge on any atom is 0.284 e. The highest BCUT2D eigenvalue weighted by Crippen LogP contribution is 2.29. The number of nitrogens with two attached hydrogens (primary N) is 1. The molecule has 0 radical (unpaired) electrons. The van der Waals surface area contributed by atoms with Crippen LogP contribution < -0.4 is 5.73 Å². The van der Waals surface area contributed by atoms with E-state index in [-0.39, 0.29) is 17.4 Å². The average Bonchev–Trinajstić information content (AvgIpc) is 2.97. The SMILES string of the molecule is CCOC(C)(CC)c1noc(-c2nonc2N)n1. The summed E-state index contributed by atoms with van der Waals surface area (Å²) in [7, 11) is 0. The Morgan fingerprint density at radius 3 is 2.61 bits per heavy atom. The normalized spacial score (nSPS) is 14.6. The molecule has 1 atom stereocenters. The van der Waals surface area contributed by atoms with Crippen LogP contribution >= 0.6 is 0 Å². The molecule has 0 spiro atoms. The molecule has 0 aliphatic heterocycles. The van der Waals surface area contributed by atoms with Crippen molar-refractivity contribution >= 4 is 5.82 Å². The molecule has 2 rings (SSSR count). The predicted octanol–water partition coefficient (Wildman–Crippen LogP) is 1.36. The lowest BCUT2D eigenvalue weighted by Gasteiger charge is -2.23. The molecule has 98 valence electrons. The van der Waals surface area contributed by atoms with Crippen LogP contribution in [0.1, 0.15) is 33.0 Å². The first kappa shape index (κ1) is 12.5. The van der Waals surface area contributed by atoms with Crippen LogP contribution in [-0.2, 0) is 10.3 Å². The van der Waals surface area contributed by atoms with Crippen LogP contribution in [0, 0.1) is 0 Å². The Kier molecular flexibility index (Phi) is 3.28. The van der Waals surface area contributed by atoms with Gasteiger partial charge in [0.15, 0.2) is 0 Å². The second-order valence-corrected chi connectivity index (χ2v) is 3.94. The van der Waals surface area contributed by atoms with Gasteiger partial charge in [0, 0.05) is 6.61 Å². The van der Waals surface area contributed by atoms with Gasteiger partial charge in [0.25, 0.3) is 5.89 Å². The standard InChI is InChI=1S/C10H15N5O3/c1-4-10(3,16-5-2)9-12-8(17-15-9)6-7(11)14-18-13-6/h4-5H2,1-3H3,(H2,11,14). The monoisotopic (exact) mass is 253 g/mol. The van der Waals surface area contributed by atoms with Crippen molar-refractivity contribution in [2.75, 3.05) is 12.3 Å². The molecular weight excluding hydrogens is 238 g/mol. The summed E-state index contributed by atoms with van der Waals surface area (Å²) < 4.78 is 15.2. The highest BCUT2D eigenvalue weighted by molar-refractivity contribution is 5.60. The predicted molar refractivity (Wildman–Crippen MR) is 61.3 cm³/mol. The van der Waals surface area contributed by atoms with Crippen molar-refractivity contribution < 1.29 is 13.9 Å². The number of nitrogen functional groups attached to an aromatic ring is 1. The highest BCUT2D eigenvalue weighted by Gasteiger charge is 2.32. The van der Waals surface area contributed by atoms with E-state index >= 15 is 0 Å². The van der Waals surface area contributed by atoms with Gasteiger partial charge in [-0.05, 0) is 30.6 Å². The fourth-order valence-corrected chi connectivity index (χ4v) is 1.52. The Bertz CT molecular complexity index is 523. The van der Waals surface area contributed by atoms with Gasteiger partial charge in [0.1, 0.15) is 5.60 Å². The maximum absolute atomic E-state index is 5.65. The van der Waals surface area contributed by atoms with Gasteiger partial charge in [0.2, 0.25) is 17.3 Å². The fourth-order valence-electron chi connectivity index (χ4n) is 1.52. The number of ether oxygens (including phenoxy) is 1. The Morgan fingerprint density at radius 2 is 2.06 bits per heavy atom. The van der Waals surface area contributed by atoms with E-state index in [1.54, 1.807) is 0 Å². The lowest BCUT2D eigenvalue weighted by molar-refractivity contribution is -0.0403. The van der Waals surface area contributed by atoms with Gasteiger partial charge in [-0.2, -0.15) is 4.98 Å². The van der Waals surface area contributed by atoms with Crippen molar-refractivity contribution in [3.05, 3.63) is 5.82 Å². The molecule has 2 heterocycles.